The van der Waals surface area contributed by atoms with E-state index in [1.54, 1.807) is 0 Å². The first-order valence-electron chi connectivity index (χ1n) is 7.87. The number of benzene rings is 2. The molecule has 0 atom stereocenters. The zero-order valence-corrected chi connectivity index (χ0v) is 16.0. The molecule has 1 amide bonds. The third-order valence-corrected chi connectivity index (χ3v) is 5.15. The fourth-order valence-electron chi connectivity index (χ4n) is 2.37. The van der Waals surface area contributed by atoms with Gasteiger partial charge in [-0.15, -0.1) is 0 Å². The molecule has 0 aliphatic heterocycles. The SMILES string of the molecule is CCCCN(C(=O)c1cccc(C)c1)c1cc[c]([Ge][O]OO)cc1. The van der Waals surface area contributed by atoms with E-state index in [2.05, 4.69) is 15.9 Å². The van der Waals surface area contributed by atoms with Crippen LogP contribution in [0.3, 0.4) is 0 Å². The molecular weight excluding hydrogens is 367 g/mol. The Hall–Kier alpha value is -1.67. The van der Waals surface area contributed by atoms with Crippen LogP contribution in [0.5, 0.6) is 0 Å². The summed E-state index contributed by atoms with van der Waals surface area (Å²) in [7, 11) is 0. The van der Waals surface area contributed by atoms with Crippen molar-refractivity contribution in [2.24, 2.45) is 0 Å². The molecule has 0 saturated carbocycles. The van der Waals surface area contributed by atoms with Gasteiger partial charge in [0.2, 0.25) is 0 Å². The van der Waals surface area contributed by atoms with Crippen molar-refractivity contribution in [2.75, 3.05) is 11.4 Å². The zero-order valence-electron chi connectivity index (χ0n) is 13.9. The maximum absolute atomic E-state index is 12.9. The molecule has 24 heavy (non-hydrogen) atoms. The molecule has 2 rings (SSSR count). The van der Waals surface area contributed by atoms with E-state index in [4.69, 9.17) is 5.26 Å². The van der Waals surface area contributed by atoms with Crippen LogP contribution in [-0.2, 0) is 8.95 Å². The number of carbonyl (C=O) groups excluding carboxylic acids is 1. The van der Waals surface area contributed by atoms with Crippen LogP contribution in [0.4, 0.5) is 5.69 Å². The van der Waals surface area contributed by atoms with Gasteiger partial charge in [-0.2, -0.15) is 0 Å². The van der Waals surface area contributed by atoms with Gasteiger partial charge in [0, 0.05) is 0 Å². The van der Waals surface area contributed by atoms with Crippen molar-refractivity contribution in [3.05, 3.63) is 59.7 Å². The van der Waals surface area contributed by atoms with Crippen molar-refractivity contribution >= 4 is 31.8 Å². The quantitative estimate of drug-likeness (QED) is 0.429. The molecular formula is C18H21GeNO4. The van der Waals surface area contributed by atoms with Crippen LogP contribution in [0.1, 0.15) is 35.7 Å². The molecule has 0 aromatic heterocycles. The van der Waals surface area contributed by atoms with Crippen molar-refractivity contribution in [3.8, 4) is 0 Å². The predicted octanol–water partition coefficient (Wildman–Crippen LogP) is 3.11. The van der Waals surface area contributed by atoms with Crippen molar-refractivity contribution < 1.29 is 19.0 Å². The minimum absolute atomic E-state index is 0.00543. The molecule has 0 aliphatic rings. The fourth-order valence-corrected chi connectivity index (χ4v) is 3.29. The number of unbranched alkanes of at least 4 members (excludes halogenated alkanes) is 1. The Morgan fingerprint density at radius 2 is 1.96 bits per heavy atom. The molecule has 2 radical (unpaired) electrons. The first-order chi connectivity index (χ1) is 11.7. The number of hydrogen-bond donors (Lipinski definition) is 1. The molecule has 5 nitrogen and oxygen atoms in total. The number of aryl methyl sites for hydroxylation is 1. The van der Waals surface area contributed by atoms with Crippen molar-refractivity contribution in [1.82, 2.24) is 0 Å². The topological polar surface area (TPSA) is 59.0 Å². The summed E-state index contributed by atoms with van der Waals surface area (Å²) >= 11 is -0.993. The van der Waals surface area contributed by atoms with Crippen LogP contribution in [0.2, 0.25) is 0 Å². The van der Waals surface area contributed by atoms with Crippen molar-refractivity contribution in [2.45, 2.75) is 26.7 Å². The van der Waals surface area contributed by atoms with Gasteiger partial charge in [0.15, 0.2) is 0 Å². The van der Waals surface area contributed by atoms with Crippen LogP contribution in [-0.4, -0.2) is 33.5 Å². The molecule has 6 heteroatoms. The molecule has 126 valence electrons. The Balaban J connectivity index is 2.22. The van der Waals surface area contributed by atoms with Gasteiger partial charge in [-0.3, -0.25) is 0 Å². The molecule has 0 aliphatic carbocycles. The minimum atomic E-state index is -0.993. The number of hydrogen-bond acceptors (Lipinski definition) is 4. The van der Waals surface area contributed by atoms with E-state index in [0.29, 0.717) is 12.1 Å². The summed E-state index contributed by atoms with van der Waals surface area (Å²) in [5.41, 5.74) is 2.62. The first kappa shape index (κ1) is 18.7. The Kier molecular flexibility index (Phi) is 7.46. The van der Waals surface area contributed by atoms with Gasteiger partial charge in [0.05, 0.1) is 0 Å². The van der Waals surface area contributed by atoms with Gasteiger partial charge < -0.3 is 0 Å². The molecule has 0 spiro atoms. The Morgan fingerprint density at radius 1 is 1.21 bits per heavy atom. The van der Waals surface area contributed by atoms with Crippen molar-refractivity contribution in [3.63, 3.8) is 0 Å². The van der Waals surface area contributed by atoms with Gasteiger partial charge >= 0.3 is 149 Å². The summed E-state index contributed by atoms with van der Waals surface area (Å²) in [5.74, 6) is 0.00543. The predicted molar refractivity (Wildman–Crippen MR) is 94.4 cm³/mol. The maximum atomic E-state index is 12.9. The second-order valence-electron chi connectivity index (χ2n) is 5.49. The molecule has 0 fully saturated rings. The second kappa shape index (κ2) is 9.59. The zero-order chi connectivity index (χ0) is 17.4. The molecule has 0 bridgehead atoms. The van der Waals surface area contributed by atoms with E-state index in [-0.39, 0.29) is 5.91 Å². The number of amides is 1. The van der Waals surface area contributed by atoms with Crippen LogP contribution >= 0.6 is 0 Å². The summed E-state index contributed by atoms with van der Waals surface area (Å²) in [6.45, 7) is 4.76. The Morgan fingerprint density at radius 3 is 2.58 bits per heavy atom. The molecule has 0 unspecified atom stereocenters. The van der Waals surface area contributed by atoms with Gasteiger partial charge in [-0.25, -0.2) is 0 Å². The van der Waals surface area contributed by atoms with Crippen LogP contribution in [0.25, 0.3) is 0 Å². The van der Waals surface area contributed by atoms with E-state index in [0.717, 1.165) is 28.5 Å². The van der Waals surface area contributed by atoms with E-state index < -0.39 is 15.8 Å². The van der Waals surface area contributed by atoms with Gasteiger partial charge in [-0.05, 0) is 0 Å². The standard InChI is InChI=1S/C18H21GeNO4/c1-3-4-12-20(18(21)15-7-5-6-14(2)13-15)17-10-8-16(9-11-17)19-23-24-22/h5-11,13,22H,3-4,12H2,1-2H3. The third kappa shape index (κ3) is 5.17. The van der Waals surface area contributed by atoms with E-state index in [1.165, 1.54) is 0 Å². The summed E-state index contributed by atoms with van der Waals surface area (Å²) in [4.78, 5) is 14.7. The van der Waals surface area contributed by atoms with E-state index >= 15 is 0 Å². The van der Waals surface area contributed by atoms with Crippen LogP contribution in [0.15, 0.2) is 48.5 Å². The van der Waals surface area contributed by atoms with Crippen molar-refractivity contribution in [1.29, 1.82) is 0 Å². The fraction of sp³-hybridized carbons (Fsp3) is 0.278. The first-order valence-corrected chi connectivity index (χ1v) is 9.78. The average molecular weight is 388 g/mol. The molecule has 0 heterocycles. The number of anilines is 1. The molecule has 2 aromatic carbocycles. The normalized spacial score (nSPS) is 10.6. The summed E-state index contributed by atoms with van der Waals surface area (Å²) in [5, 5.41) is 11.9. The number of rotatable bonds is 8. The number of nitrogens with zero attached hydrogens (tertiary/aromatic N) is 1. The third-order valence-electron chi connectivity index (χ3n) is 3.62. The van der Waals surface area contributed by atoms with Crippen LogP contribution in [0, 0.1) is 6.92 Å². The summed E-state index contributed by atoms with van der Waals surface area (Å²) in [6.07, 6.45) is 1.96. The summed E-state index contributed by atoms with van der Waals surface area (Å²) < 4.78 is 5.58. The molecule has 0 saturated heterocycles. The Bertz CT molecular complexity index is 660. The van der Waals surface area contributed by atoms with Gasteiger partial charge in [0.1, 0.15) is 0 Å². The summed E-state index contributed by atoms with van der Waals surface area (Å²) in [6, 6.07) is 15.3. The van der Waals surface area contributed by atoms with Gasteiger partial charge in [0.25, 0.3) is 0 Å². The Labute approximate surface area is 148 Å². The van der Waals surface area contributed by atoms with E-state index in [9.17, 15) is 4.79 Å². The number of carbonyl (C=O) groups is 1. The second-order valence-corrected chi connectivity index (χ2v) is 7.48. The molecule has 1 N–H and O–H groups in total. The average Bonchev–Trinajstić information content (AvgIpc) is 2.61. The van der Waals surface area contributed by atoms with Gasteiger partial charge in [-0.1, -0.05) is 0 Å². The van der Waals surface area contributed by atoms with E-state index in [1.807, 2.05) is 60.4 Å². The van der Waals surface area contributed by atoms with Crippen LogP contribution < -0.4 is 9.30 Å². The monoisotopic (exact) mass is 389 g/mol. The molecule has 2 aromatic rings.